The maximum Gasteiger partial charge on any atom is 0.230 e. The number of para-hydroxylation sites is 2. The molecule has 1 amide bonds. The summed E-state index contributed by atoms with van der Waals surface area (Å²) in [7, 11) is 0. The summed E-state index contributed by atoms with van der Waals surface area (Å²) in [5, 5.41) is 2.91. The van der Waals surface area contributed by atoms with Gasteiger partial charge in [-0.05, 0) is 35.2 Å². The van der Waals surface area contributed by atoms with Crippen molar-refractivity contribution in [3.63, 3.8) is 0 Å². The normalized spacial score (nSPS) is 13.4. The first-order valence-electron chi connectivity index (χ1n) is 8.37. The molecule has 3 aromatic rings. The molecule has 122 valence electrons. The van der Waals surface area contributed by atoms with E-state index in [9.17, 15) is 4.79 Å². The first-order valence-corrected chi connectivity index (χ1v) is 8.37. The van der Waals surface area contributed by atoms with Gasteiger partial charge in [-0.15, -0.1) is 0 Å². The van der Waals surface area contributed by atoms with Gasteiger partial charge in [-0.2, -0.15) is 0 Å². The van der Waals surface area contributed by atoms with Gasteiger partial charge in [0.05, 0.1) is 23.5 Å². The van der Waals surface area contributed by atoms with Crippen LogP contribution in [0.2, 0.25) is 0 Å². The fourth-order valence-electron chi connectivity index (χ4n) is 3.02. The van der Waals surface area contributed by atoms with Crippen LogP contribution < -0.4 is 5.32 Å². The minimum atomic E-state index is -0.0305. The smallest absolute Gasteiger partial charge is 0.230 e. The lowest BCUT2D eigenvalue weighted by atomic mass is 10.0. The molecule has 0 saturated heterocycles. The summed E-state index contributed by atoms with van der Waals surface area (Å²) in [5.74, 6) is -0.0305. The van der Waals surface area contributed by atoms with E-state index in [-0.39, 0.29) is 12.3 Å². The lowest BCUT2D eigenvalue weighted by molar-refractivity contribution is -0.115. The van der Waals surface area contributed by atoms with Gasteiger partial charge in [0.25, 0.3) is 0 Å². The Bertz CT molecular complexity index is 928. The molecule has 0 radical (unpaired) electrons. The first-order chi connectivity index (χ1) is 12.3. The Hall–Kier alpha value is -3.20. The van der Waals surface area contributed by atoms with Crippen LogP contribution in [0, 0.1) is 0 Å². The second-order valence-corrected chi connectivity index (χ2v) is 6.16. The standard InChI is InChI=1S/C22H18N2O/c25-22-15-21(23-19-8-4-5-9-20(19)24-22)18-12-10-17(11-13-18)14-16-6-2-1-3-7-16/h1-13H,14-15H2,(H,24,25). The van der Waals surface area contributed by atoms with Crippen LogP contribution in [0.5, 0.6) is 0 Å². The molecule has 1 N–H and O–H groups in total. The third-order valence-electron chi connectivity index (χ3n) is 4.30. The largest absolute Gasteiger partial charge is 0.324 e. The molecule has 0 aliphatic carbocycles. The molecular weight excluding hydrogens is 308 g/mol. The second-order valence-electron chi connectivity index (χ2n) is 6.16. The van der Waals surface area contributed by atoms with Crippen LogP contribution >= 0.6 is 0 Å². The molecule has 1 aliphatic rings. The average Bonchev–Trinajstić information content (AvgIpc) is 2.81. The van der Waals surface area contributed by atoms with Gasteiger partial charge in [0.15, 0.2) is 0 Å². The van der Waals surface area contributed by atoms with E-state index in [1.165, 1.54) is 11.1 Å². The predicted octanol–water partition coefficient (Wildman–Crippen LogP) is 4.74. The number of carbonyl (C=O) groups excluding carboxylic acids is 1. The molecule has 3 heteroatoms. The highest BCUT2D eigenvalue weighted by atomic mass is 16.1. The van der Waals surface area contributed by atoms with Gasteiger partial charge in [-0.1, -0.05) is 66.7 Å². The number of hydrogen-bond acceptors (Lipinski definition) is 2. The van der Waals surface area contributed by atoms with E-state index in [1.807, 2.05) is 30.3 Å². The van der Waals surface area contributed by atoms with E-state index in [2.05, 4.69) is 53.8 Å². The fraction of sp³-hybridized carbons (Fsp3) is 0.0909. The van der Waals surface area contributed by atoms with Crippen molar-refractivity contribution in [3.8, 4) is 0 Å². The van der Waals surface area contributed by atoms with E-state index in [0.717, 1.165) is 29.1 Å². The van der Waals surface area contributed by atoms with Crippen LogP contribution in [-0.4, -0.2) is 11.6 Å². The van der Waals surface area contributed by atoms with Gasteiger partial charge in [-0.3, -0.25) is 9.79 Å². The number of anilines is 1. The zero-order chi connectivity index (χ0) is 17.1. The minimum Gasteiger partial charge on any atom is -0.324 e. The molecule has 25 heavy (non-hydrogen) atoms. The summed E-state index contributed by atoms with van der Waals surface area (Å²) < 4.78 is 0. The molecule has 3 nitrogen and oxygen atoms in total. The number of hydrogen-bond donors (Lipinski definition) is 1. The Morgan fingerprint density at radius 3 is 2.28 bits per heavy atom. The first kappa shape index (κ1) is 15.3. The second kappa shape index (κ2) is 6.73. The maximum atomic E-state index is 12.1. The number of benzene rings is 3. The molecule has 0 spiro atoms. The van der Waals surface area contributed by atoms with Crippen LogP contribution in [0.4, 0.5) is 11.4 Å². The number of nitrogens with one attached hydrogen (secondary N) is 1. The molecule has 0 unspecified atom stereocenters. The number of carbonyl (C=O) groups is 1. The highest BCUT2D eigenvalue weighted by molar-refractivity contribution is 6.16. The predicted molar refractivity (Wildman–Crippen MR) is 102 cm³/mol. The Morgan fingerprint density at radius 1 is 0.800 bits per heavy atom. The van der Waals surface area contributed by atoms with Crippen molar-refractivity contribution in [2.24, 2.45) is 4.99 Å². The van der Waals surface area contributed by atoms with Crippen molar-refractivity contribution in [1.82, 2.24) is 0 Å². The van der Waals surface area contributed by atoms with Crippen molar-refractivity contribution < 1.29 is 4.79 Å². The van der Waals surface area contributed by atoms with Gasteiger partial charge in [0.2, 0.25) is 5.91 Å². The van der Waals surface area contributed by atoms with Gasteiger partial charge >= 0.3 is 0 Å². The molecule has 3 aromatic carbocycles. The molecule has 0 aromatic heterocycles. The molecular formula is C22H18N2O. The molecule has 1 heterocycles. The van der Waals surface area contributed by atoms with Gasteiger partial charge < -0.3 is 5.32 Å². The van der Waals surface area contributed by atoms with Crippen molar-refractivity contribution in [3.05, 3.63) is 95.6 Å². The summed E-state index contributed by atoms with van der Waals surface area (Å²) in [6.07, 6.45) is 1.18. The number of nitrogens with zero attached hydrogens (tertiary/aromatic N) is 1. The Morgan fingerprint density at radius 2 is 1.48 bits per heavy atom. The lowest BCUT2D eigenvalue weighted by Crippen LogP contribution is -2.14. The fourth-order valence-corrected chi connectivity index (χ4v) is 3.02. The number of aliphatic imine (C=N–C) groups is 1. The summed E-state index contributed by atoms with van der Waals surface area (Å²) in [6, 6.07) is 26.4. The van der Waals surface area contributed by atoms with Gasteiger partial charge in [-0.25, -0.2) is 0 Å². The summed E-state index contributed by atoms with van der Waals surface area (Å²) in [5.41, 5.74) is 5.89. The van der Waals surface area contributed by atoms with Crippen molar-refractivity contribution >= 4 is 23.0 Å². The molecule has 0 saturated carbocycles. The van der Waals surface area contributed by atoms with E-state index in [0.29, 0.717) is 0 Å². The van der Waals surface area contributed by atoms with Crippen molar-refractivity contribution in [2.75, 3.05) is 5.32 Å². The summed E-state index contributed by atoms with van der Waals surface area (Å²) in [4.78, 5) is 16.9. The molecule has 1 aliphatic heterocycles. The summed E-state index contributed by atoms with van der Waals surface area (Å²) in [6.45, 7) is 0. The van der Waals surface area contributed by atoms with Crippen molar-refractivity contribution in [2.45, 2.75) is 12.8 Å². The van der Waals surface area contributed by atoms with Crippen LogP contribution in [0.3, 0.4) is 0 Å². The third kappa shape index (κ3) is 3.50. The van der Waals surface area contributed by atoms with Crippen LogP contribution in [0.15, 0.2) is 83.9 Å². The zero-order valence-electron chi connectivity index (χ0n) is 13.8. The Kier molecular flexibility index (Phi) is 4.13. The topological polar surface area (TPSA) is 41.5 Å². The molecule has 0 fully saturated rings. The van der Waals surface area contributed by atoms with Crippen LogP contribution in [0.1, 0.15) is 23.1 Å². The van der Waals surface area contributed by atoms with Gasteiger partial charge in [0.1, 0.15) is 0 Å². The number of rotatable bonds is 3. The van der Waals surface area contributed by atoms with E-state index < -0.39 is 0 Å². The SMILES string of the molecule is O=C1CC(c2ccc(Cc3ccccc3)cc2)=Nc2ccccc2N1. The van der Waals surface area contributed by atoms with Crippen LogP contribution in [-0.2, 0) is 11.2 Å². The zero-order valence-corrected chi connectivity index (χ0v) is 13.8. The molecule has 0 bridgehead atoms. The molecule has 4 rings (SSSR count). The van der Waals surface area contributed by atoms with E-state index in [4.69, 9.17) is 4.99 Å². The lowest BCUT2D eigenvalue weighted by Gasteiger charge is -2.06. The molecule has 0 atom stereocenters. The van der Waals surface area contributed by atoms with E-state index in [1.54, 1.807) is 0 Å². The average molecular weight is 326 g/mol. The maximum absolute atomic E-state index is 12.1. The highest BCUT2D eigenvalue weighted by Crippen LogP contribution is 2.28. The van der Waals surface area contributed by atoms with Gasteiger partial charge in [0, 0.05) is 0 Å². The monoisotopic (exact) mass is 326 g/mol. The van der Waals surface area contributed by atoms with E-state index >= 15 is 0 Å². The quantitative estimate of drug-likeness (QED) is 0.742. The third-order valence-corrected chi connectivity index (χ3v) is 4.30. The summed E-state index contributed by atoms with van der Waals surface area (Å²) >= 11 is 0. The highest BCUT2D eigenvalue weighted by Gasteiger charge is 2.16. The Balaban J connectivity index is 1.61. The number of fused-ring (bicyclic) bond motifs is 1. The van der Waals surface area contributed by atoms with Crippen molar-refractivity contribution in [1.29, 1.82) is 0 Å². The van der Waals surface area contributed by atoms with Crippen LogP contribution in [0.25, 0.3) is 0 Å². The Labute approximate surface area is 147 Å². The minimum absolute atomic E-state index is 0.0305. The number of amides is 1.